The van der Waals surface area contributed by atoms with Crippen LogP contribution in [-0.4, -0.2) is 49.8 Å². The van der Waals surface area contributed by atoms with Crippen molar-refractivity contribution in [3.63, 3.8) is 0 Å². The molecule has 0 atom stereocenters. The number of hydrogen-bond donors (Lipinski definition) is 1. The first kappa shape index (κ1) is 20.7. The van der Waals surface area contributed by atoms with Crippen LogP contribution in [0.2, 0.25) is 0 Å². The van der Waals surface area contributed by atoms with Crippen molar-refractivity contribution < 1.29 is 4.74 Å². The Morgan fingerprint density at radius 1 is 1.23 bits per heavy atom. The minimum atomic E-state index is -0.0156. The van der Waals surface area contributed by atoms with Gasteiger partial charge < -0.3 is 9.72 Å². The Hall–Kier alpha value is -2.58. The lowest BCUT2D eigenvalue weighted by atomic mass is 10.0. The molecule has 2 heterocycles. The zero-order valence-electron chi connectivity index (χ0n) is 18.0. The van der Waals surface area contributed by atoms with E-state index in [9.17, 15) is 4.79 Å². The Bertz CT molecular complexity index is 1070. The fourth-order valence-electron chi connectivity index (χ4n) is 4.36. The van der Waals surface area contributed by atoms with Gasteiger partial charge in [0.25, 0.3) is 5.56 Å². The topological polar surface area (TPSA) is 88.9 Å². The molecular formula is C22H30N6O2. The molecular weight excluding hydrogens is 380 g/mol. The second-order valence-corrected chi connectivity index (χ2v) is 8.25. The second-order valence-electron chi connectivity index (χ2n) is 8.25. The van der Waals surface area contributed by atoms with Gasteiger partial charge in [-0.25, -0.2) is 4.68 Å². The number of pyridine rings is 1. The molecule has 2 aromatic heterocycles. The molecule has 0 saturated heterocycles. The number of ether oxygens (including phenoxy) is 1. The summed E-state index contributed by atoms with van der Waals surface area (Å²) < 4.78 is 6.96. The third kappa shape index (κ3) is 4.29. The Balaban J connectivity index is 1.63. The fourth-order valence-corrected chi connectivity index (χ4v) is 4.36. The van der Waals surface area contributed by atoms with Crippen LogP contribution in [0, 0.1) is 13.8 Å². The standard InChI is InChI=1S/C22H30N6O2/c1-15-8-9-17-12-18(22(29)23-21(17)16(15)2)13-27(19-6-4-5-7-19)14-20-24-25-26-28(20)10-11-30-3/h8-9,12,19H,4-7,10-11,13-14H2,1-3H3,(H,23,29). The van der Waals surface area contributed by atoms with Crippen molar-refractivity contribution in [1.82, 2.24) is 30.1 Å². The van der Waals surface area contributed by atoms with Gasteiger partial charge in [0.2, 0.25) is 0 Å². The number of nitrogens with one attached hydrogen (secondary N) is 1. The molecule has 4 rings (SSSR count). The van der Waals surface area contributed by atoms with Crippen molar-refractivity contribution in [2.24, 2.45) is 0 Å². The normalized spacial score (nSPS) is 14.9. The molecule has 0 amide bonds. The van der Waals surface area contributed by atoms with E-state index < -0.39 is 0 Å². The molecule has 1 aliphatic carbocycles. The number of hydrogen-bond acceptors (Lipinski definition) is 6. The Kier molecular flexibility index (Phi) is 6.24. The van der Waals surface area contributed by atoms with Crippen LogP contribution >= 0.6 is 0 Å². The van der Waals surface area contributed by atoms with Gasteiger partial charge in [-0.2, -0.15) is 0 Å². The number of H-pyrrole nitrogens is 1. The summed E-state index contributed by atoms with van der Waals surface area (Å²) in [6, 6.07) is 6.67. The fraction of sp³-hybridized carbons (Fsp3) is 0.545. The van der Waals surface area contributed by atoms with E-state index in [4.69, 9.17) is 4.74 Å². The summed E-state index contributed by atoms with van der Waals surface area (Å²) in [7, 11) is 1.67. The van der Waals surface area contributed by atoms with Crippen molar-refractivity contribution in [3.05, 3.63) is 51.1 Å². The third-order valence-electron chi connectivity index (χ3n) is 6.30. The highest BCUT2D eigenvalue weighted by atomic mass is 16.5. The van der Waals surface area contributed by atoms with Crippen LogP contribution in [0.4, 0.5) is 0 Å². The van der Waals surface area contributed by atoms with Gasteiger partial charge in [-0.05, 0) is 59.7 Å². The molecule has 1 aromatic carbocycles. The first-order valence-corrected chi connectivity index (χ1v) is 10.7. The number of benzene rings is 1. The van der Waals surface area contributed by atoms with Crippen molar-refractivity contribution >= 4 is 10.9 Å². The van der Waals surface area contributed by atoms with E-state index in [0.717, 1.165) is 40.7 Å². The summed E-state index contributed by atoms with van der Waals surface area (Å²) in [5.41, 5.74) is 4.01. The summed E-state index contributed by atoms with van der Waals surface area (Å²) in [5, 5.41) is 13.3. The number of tetrazole rings is 1. The molecule has 0 spiro atoms. The molecule has 8 nitrogen and oxygen atoms in total. The zero-order valence-corrected chi connectivity index (χ0v) is 18.0. The van der Waals surface area contributed by atoms with E-state index in [-0.39, 0.29) is 5.56 Å². The number of nitrogens with zero attached hydrogens (tertiary/aromatic N) is 5. The molecule has 160 valence electrons. The monoisotopic (exact) mass is 410 g/mol. The van der Waals surface area contributed by atoms with Crippen LogP contribution in [0.1, 0.15) is 48.2 Å². The number of aryl methyl sites for hydroxylation is 2. The van der Waals surface area contributed by atoms with Crippen LogP contribution in [0.25, 0.3) is 10.9 Å². The first-order valence-electron chi connectivity index (χ1n) is 10.7. The SMILES string of the molecule is COCCn1nnnc1CN(Cc1cc2ccc(C)c(C)c2[nH]c1=O)C1CCCC1. The molecule has 1 fully saturated rings. The molecule has 1 aliphatic rings. The van der Waals surface area contributed by atoms with Crippen LogP contribution < -0.4 is 5.56 Å². The van der Waals surface area contributed by atoms with E-state index >= 15 is 0 Å². The van der Waals surface area contributed by atoms with Crippen molar-refractivity contribution in [2.75, 3.05) is 13.7 Å². The largest absolute Gasteiger partial charge is 0.383 e. The molecule has 1 N–H and O–H groups in total. The second kappa shape index (κ2) is 9.06. The van der Waals surface area contributed by atoms with Crippen LogP contribution in [0.15, 0.2) is 23.0 Å². The summed E-state index contributed by atoms with van der Waals surface area (Å²) in [4.78, 5) is 18.4. The van der Waals surface area contributed by atoms with E-state index in [1.165, 1.54) is 18.4 Å². The average molecular weight is 411 g/mol. The lowest BCUT2D eigenvalue weighted by Gasteiger charge is -2.28. The van der Waals surface area contributed by atoms with E-state index in [1.807, 2.05) is 6.07 Å². The van der Waals surface area contributed by atoms with Crippen LogP contribution in [0.3, 0.4) is 0 Å². The van der Waals surface area contributed by atoms with E-state index in [1.54, 1.807) is 11.8 Å². The van der Waals surface area contributed by atoms with Gasteiger partial charge in [0.05, 0.1) is 25.2 Å². The van der Waals surface area contributed by atoms with Crippen LogP contribution in [0.5, 0.6) is 0 Å². The summed E-state index contributed by atoms with van der Waals surface area (Å²) >= 11 is 0. The minimum Gasteiger partial charge on any atom is -0.383 e. The summed E-state index contributed by atoms with van der Waals surface area (Å²) in [6.07, 6.45) is 4.73. The molecule has 1 saturated carbocycles. The predicted molar refractivity (Wildman–Crippen MR) is 115 cm³/mol. The van der Waals surface area contributed by atoms with Gasteiger partial charge in [-0.15, -0.1) is 5.10 Å². The molecule has 30 heavy (non-hydrogen) atoms. The smallest absolute Gasteiger partial charge is 0.252 e. The van der Waals surface area contributed by atoms with Gasteiger partial charge in [0.15, 0.2) is 5.82 Å². The van der Waals surface area contributed by atoms with E-state index in [2.05, 4.69) is 51.4 Å². The van der Waals surface area contributed by atoms with Gasteiger partial charge in [0, 0.05) is 25.3 Å². The lowest BCUT2D eigenvalue weighted by molar-refractivity contribution is 0.162. The van der Waals surface area contributed by atoms with Crippen LogP contribution in [-0.2, 0) is 24.4 Å². The zero-order chi connectivity index (χ0) is 21.1. The van der Waals surface area contributed by atoms with Crippen molar-refractivity contribution in [2.45, 2.75) is 65.2 Å². The summed E-state index contributed by atoms with van der Waals surface area (Å²) in [5.74, 6) is 0.808. The maximum atomic E-state index is 12.9. The molecule has 8 heteroatoms. The maximum Gasteiger partial charge on any atom is 0.252 e. The quantitative estimate of drug-likeness (QED) is 0.614. The van der Waals surface area contributed by atoms with Gasteiger partial charge in [-0.3, -0.25) is 9.69 Å². The van der Waals surface area contributed by atoms with Gasteiger partial charge >= 0.3 is 0 Å². The highest BCUT2D eigenvalue weighted by molar-refractivity contribution is 5.83. The minimum absolute atomic E-state index is 0.0156. The highest BCUT2D eigenvalue weighted by Crippen LogP contribution is 2.26. The Labute approximate surface area is 176 Å². The van der Waals surface area contributed by atoms with Gasteiger partial charge in [0.1, 0.15) is 0 Å². The number of aromatic nitrogens is 5. The maximum absolute atomic E-state index is 12.9. The molecule has 0 aliphatic heterocycles. The number of fused-ring (bicyclic) bond motifs is 1. The number of rotatable bonds is 8. The molecule has 0 bridgehead atoms. The third-order valence-corrected chi connectivity index (χ3v) is 6.30. The predicted octanol–water partition coefficient (Wildman–Crippen LogP) is 2.72. The Morgan fingerprint density at radius 3 is 2.80 bits per heavy atom. The average Bonchev–Trinajstić information content (AvgIpc) is 3.42. The number of methoxy groups -OCH3 is 1. The van der Waals surface area contributed by atoms with Gasteiger partial charge in [-0.1, -0.05) is 25.0 Å². The molecule has 0 radical (unpaired) electrons. The first-order chi connectivity index (χ1) is 14.6. The Morgan fingerprint density at radius 2 is 2.03 bits per heavy atom. The number of aromatic amines is 1. The molecule has 3 aromatic rings. The van der Waals surface area contributed by atoms with Crippen molar-refractivity contribution in [3.8, 4) is 0 Å². The lowest BCUT2D eigenvalue weighted by Crippen LogP contribution is -2.35. The summed E-state index contributed by atoms with van der Waals surface area (Å²) in [6.45, 7) is 6.50. The highest BCUT2D eigenvalue weighted by Gasteiger charge is 2.25. The molecule has 0 unspecified atom stereocenters. The van der Waals surface area contributed by atoms with Crippen molar-refractivity contribution in [1.29, 1.82) is 0 Å². The van der Waals surface area contributed by atoms with E-state index in [0.29, 0.717) is 32.3 Å².